The van der Waals surface area contributed by atoms with Gasteiger partial charge in [0, 0.05) is 31.3 Å². The van der Waals surface area contributed by atoms with Gasteiger partial charge in [0.15, 0.2) is 23.0 Å². The number of fused-ring (bicyclic) bond motifs is 2. The van der Waals surface area contributed by atoms with Crippen molar-refractivity contribution in [1.29, 1.82) is 0 Å². The first kappa shape index (κ1) is 36.1. The van der Waals surface area contributed by atoms with Crippen LogP contribution in [0.1, 0.15) is 68.8 Å². The van der Waals surface area contributed by atoms with Gasteiger partial charge >= 0.3 is 0 Å². The Kier molecular flexibility index (Phi) is 9.47. The van der Waals surface area contributed by atoms with Crippen LogP contribution < -0.4 is 29.0 Å². The Morgan fingerprint density at radius 3 is 2.53 bits per heavy atom. The van der Waals surface area contributed by atoms with Gasteiger partial charge in [-0.05, 0) is 68.9 Å². The minimum absolute atomic E-state index is 0.0488. The highest BCUT2D eigenvalue weighted by Crippen LogP contribution is 2.48. The zero-order valence-corrected chi connectivity index (χ0v) is 31.6. The van der Waals surface area contributed by atoms with Gasteiger partial charge in [0.2, 0.25) is 18.6 Å². The highest BCUT2D eigenvalue weighted by Gasteiger charge is 2.42. The molecule has 1 atom stereocenters. The Balaban J connectivity index is 0.946. The Hall–Kier alpha value is -5.86. The second kappa shape index (κ2) is 14.4. The number of hydrazone groups is 1. The first-order valence-corrected chi connectivity index (χ1v) is 18.7. The number of carbonyl (C=O) groups excluding carboxylic acids is 3. The summed E-state index contributed by atoms with van der Waals surface area (Å²) in [5.74, 6) is 2.74. The summed E-state index contributed by atoms with van der Waals surface area (Å²) in [7, 11) is 3.17. The monoisotopic (exact) mass is 751 g/mol. The summed E-state index contributed by atoms with van der Waals surface area (Å²) in [5.41, 5.74) is 3.31. The third-order valence-electron chi connectivity index (χ3n) is 10.8. The van der Waals surface area contributed by atoms with E-state index in [-0.39, 0.29) is 30.2 Å². The van der Waals surface area contributed by atoms with Crippen LogP contribution in [0.4, 0.5) is 0 Å². The number of hydrogen-bond donors (Lipinski definition) is 2. The fourth-order valence-electron chi connectivity index (χ4n) is 7.47. The van der Waals surface area contributed by atoms with E-state index in [1.54, 1.807) is 37.2 Å². The van der Waals surface area contributed by atoms with E-state index in [0.29, 0.717) is 95.9 Å². The number of benzene rings is 2. The summed E-state index contributed by atoms with van der Waals surface area (Å²) in [6.45, 7) is 7.03. The Morgan fingerprint density at radius 2 is 1.78 bits per heavy atom. The van der Waals surface area contributed by atoms with Crippen molar-refractivity contribution in [3.05, 3.63) is 54.0 Å². The average Bonchev–Trinajstić information content (AvgIpc) is 3.72. The number of piperidine rings is 1. The summed E-state index contributed by atoms with van der Waals surface area (Å²) in [6.07, 6.45) is 6.82. The van der Waals surface area contributed by atoms with Crippen LogP contribution in [0.15, 0.2) is 48.0 Å². The van der Waals surface area contributed by atoms with Crippen molar-refractivity contribution in [3.8, 4) is 40.0 Å². The normalized spacial score (nSPS) is 18.6. The average molecular weight is 752 g/mol. The smallest absolute Gasteiger partial charge is 0.255 e. The lowest BCUT2D eigenvalue weighted by Gasteiger charge is -2.42. The number of aromatic nitrogens is 3. The molecule has 3 aliphatic heterocycles. The van der Waals surface area contributed by atoms with Crippen molar-refractivity contribution in [1.82, 2.24) is 30.2 Å². The molecule has 4 aromatic rings. The third-order valence-corrected chi connectivity index (χ3v) is 10.8. The standard InChI is InChI=1S/C40H45N7O8/c1-22(38(49)46-14-12-25(13-15-46)47-39(50)40(2,3)17-27(45-47)24-8-9-28(51-4)31(16-24)52-5)44-37(48)26-18-41-35-33(26)42-20-43-34(35)32-29(53-19-23-6-7-23)10-11-30-36(32)55-21-54-30/h8-11,16,18,20,22-23,25,41H,6-7,12-15,17,19,21H2,1-5H3,(H,44,48)/t22-/m1/s1. The number of rotatable bonds is 11. The van der Waals surface area contributed by atoms with E-state index in [9.17, 15) is 14.4 Å². The number of nitrogens with zero attached hydrogens (tertiary/aromatic N) is 5. The van der Waals surface area contributed by atoms with Crippen molar-refractivity contribution >= 4 is 34.5 Å². The SMILES string of the molecule is COc1ccc(C2=NN(C3CCN(C(=O)[C@@H](C)NC(=O)c4c[nH]c5c(-c6c(OCC7CC7)ccc7c6OCO7)ncnc45)CC3)C(=O)C(C)(C)C2)cc1OC. The fraction of sp³-hybridized carbons (Fsp3) is 0.450. The van der Waals surface area contributed by atoms with Gasteiger partial charge in [-0.3, -0.25) is 14.4 Å². The summed E-state index contributed by atoms with van der Waals surface area (Å²) < 4.78 is 28.6. The molecule has 4 aliphatic rings. The highest BCUT2D eigenvalue weighted by molar-refractivity contribution is 6.09. The summed E-state index contributed by atoms with van der Waals surface area (Å²) in [6, 6.07) is 8.30. The molecule has 1 saturated carbocycles. The molecule has 1 aliphatic carbocycles. The molecular formula is C40H45N7O8. The van der Waals surface area contributed by atoms with Crippen LogP contribution in [-0.4, -0.2) is 101 Å². The van der Waals surface area contributed by atoms with Crippen LogP contribution in [0.5, 0.6) is 28.7 Å². The van der Waals surface area contributed by atoms with Crippen molar-refractivity contribution in [2.24, 2.45) is 16.4 Å². The van der Waals surface area contributed by atoms with Crippen molar-refractivity contribution < 1.29 is 38.1 Å². The highest BCUT2D eigenvalue weighted by atomic mass is 16.7. The minimum atomic E-state index is -0.814. The molecule has 55 heavy (non-hydrogen) atoms. The third kappa shape index (κ3) is 6.87. The van der Waals surface area contributed by atoms with Crippen LogP contribution in [0.3, 0.4) is 0 Å². The van der Waals surface area contributed by atoms with E-state index in [1.165, 1.54) is 6.33 Å². The molecule has 5 heterocycles. The molecule has 2 fully saturated rings. The van der Waals surface area contributed by atoms with E-state index in [4.69, 9.17) is 28.8 Å². The quantitative estimate of drug-likeness (QED) is 0.214. The van der Waals surface area contributed by atoms with Gasteiger partial charge in [0.25, 0.3) is 5.91 Å². The second-order valence-corrected chi connectivity index (χ2v) is 15.2. The first-order chi connectivity index (χ1) is 26.6. The number of nitrogens with one attached hydrogen (secondary N) is 2. The first-order valence-electron chi connectivity index (χ1n) is 18.7. The van der Waals surface area contributed by atoms with Gasteiger partial charge in [0.1, 0.15) is 29.3 Å². The van der Waals surface area contributed by atoms with Gasteiger partial charge in [-0.1, -0.05) is 13.8 Å². The zero-order valence-electron chi connectivity index (χ0n) is 31.6. The molecule has 1 saturated heterocycles. The summed E-state index contributed by atoms with van der Waals surface area (Å²) >= 11 is 0. The van der Waals surface area contributed by atoms with Crippen molar-refractivity contribution in [2.75, 3.05) is 40.7 Å². The molecule has 2 aromatic heterocycles. The molecule has 15 heteroatoms. The summed E-state index contributed by atoms with van der Waals surface area (Å²) in [5, 5.41) is 9.34. The van der Waals surface area contributed by atoms with Crippen molar-refractivity contribution in [3.63, 3.8) is 0 Å². The molecule has 288 valence electrons. The predicted octanol–water partition coefficient (Wildman–Crippen LogP) is 4.93. The minimum Gasteiger partial charge on any atom is -0.493 e. The lowest BCUT2D eigenvalue weighted by Crippen LogP contribution is -2.54. The van der Waals surface area contributed by atoms with Crippen LogP contribution in [-0.2, 0) is 9.59 Å². The van der Waals surface area contributed by atoms with E-state index in [0.717, 1.165) is 24.1 Å². The topological polar surface area (TPSA) is 170 Å². The van der Waals surface area contributed by atoms with Crippen LogP contribution >= 0.6 is 0 Å². The molecule has 0 radical (unpaired) electrons. The Morgan fingerprint density at radius 1 is 1.02 bits per heavy atom. The molecule has 3 amide bonds. The molecule has 15 nitrogen and oxygen atoms in total. The van der Waals surface area contributed by atoms with Gasteiger partial charge in [-0.2, -0.15) is 5.10 Å². The number of carbonyl (C=O) groups is 3. The predicted molar refractivity (Wildman–Crippen MR) is 202 cm³/mol. The van der Waals surface area contributed by atoms with E-state index < -0.39 is 17.4 Å². The number of likely N-dealkylation sites (tertiary alicyclic amines) is 1. The van der Waals surface area contributed by atoms with Crippen LogP contribution in [0.25, 0.3) is 22.3 Å². The number of ether oxygens (including phenoxy) is 5. The van der Waals surface area contributed by atoms with Crippen molar-refractivity contribution in [2.45, 2.75) is 65.0 Å². The number of aromatic amines is 1. The molecular weight excluding hydrogens is 706 g/mol. The van der Waals surface area contributed by atoms with Gasteiger partial charge in [-0.15, -0.1) is 0 Å². The molecule has 0 unspecified atom stereocenters. The second-order valence-electron chi connectivity index (χ2n) is 15.2. The molecule has 0 bridgehead atoms. The lowest BCUT2D eigenvalue weighted by molar-refractivity contribution is -0.145. The van der Waals surface area contributed by atoms with E-state index >= 15 is 0 Å². The van der Waals surface area contributed by atoms with Crippen LogP contribution in [0.2, 0.25) is 0 Å². The van der Waals surface area contributed by atoms with Gasteiger partial charge in [0.05, 0.1) is 54.6 Å². The molecule has 0 spiro atoms. The number of H-pyrrole nitrogens is 1. The maximum absolute atomic E-state index is 13.7. The zero-order chi connectivity index (χ0) is 38.4. The summed E-state index contributed by atoms with van der Waals surface area (Å²) in [4.78, 5) is 54.9. The Bertz CT molecular complexity index is 2190. The van der Waals surface area contributed by atoms with Gasteiger partial charge < -0.3 is 38.9 Å². The number of methoxy groups -OCH3 is 2. The number of hydrogen-bond acceptors (Lipinski definition) is 11. The van der Waals surface area contributed by atoms with E-state index in [1.807, 2.05) is 44.2 Å². The number of amides is 3. The lowest BCUT2D eigenvalue weighted by atomic mass is 9.82. The Labute approximate surface area is 318 Å². The van der Waals surface area contributed by atoms with Crippen LogP contribution in [0, 0.1) is 11.3 Å². The maximum Gasteiger partial charge on any atom is 0.255 e. The fourth-order valence-corrected chi connectivity index (χ4v) is 7.47. The molecule has 2 N–H and O–H groups in total. The maximum atomic E-state index is 13.7. The molecule has 2 aromatic carbocycles. The van der Waals surface area contributed by atoms with Gasteiger partial charge in [-0.25, -0.2) is 15.0 Å². The largest absolute Gasteiger partial charge is 0.493 e. The molecule has 8 rings (SSSR count). The van der Waals surface area contributed by atoms with E-state index in [2.05, 4.69) is 20.3 Å².